The molecule has 104 valence electrons. The molecule has 2 aromatic carbocycles. The monoisotopic (exact) mass is 265 g/mol. The lowest BCUT2D eigenvalue weighted by atomic mass is 9.90. The summed E-state index contributed by atoms with van der Waals surface area (Å²) in [6.45, 7) is 5.26. The van der Waals surface area contributed by atoms with Crippen molar-refractivity contribution in [3.8, 4) is 0 Å². The van der Waals surface area contributed by atoms with Crippen LogP contribution in [0.2, 0.25) is 0 Å². The van der Waals surface area contributed by atoms with Crippen LogP contribution in [0, 0.1) is 13.8 Å². The lowest BCUT2D eigenvalue weighted by molar-refractivity contribution is 0.686. The number of anilines is 1. The number of rotatable bonds is 3. The number of hydrogen-bond donors (Lipinski definition) is 1. The summed E-state index contributed by atoms with van der Waals surface area (Å²) in [7, 11) is 0. The standard InChI is InChI=1S/C19H23N/c1-14-10-11-16(12-15(14)2)13-20-19-9-5-7-17-6-3-4-8-18(17)19/h5,7,9-12,20H,3-4,6,8,13H2,1-2H3. The first-order valence-electron chi connectivity index (χ1n) is 7.65. The molecule has 0 aliphatic heterocycles. The molecule has 0 unspecified atom stereocenters. The molecule has 2 aromatic rings. The highest BCUT2D eigenvalue weighted by molar-refractivity contribution is 5.56. The predicted molar refractivity (Wildman–Crippen MR) is 86.3 cm³/mol. The molecule has 0 heterocycles. The minimum absolute atomic E-state index is 0.914. The molecule has 1 aliphatic carbocycles. The average Bonchev–Trinajstić information content (AvgIpc) is 2.48. The zero-order valence-electron chi connectivity index (χ0n) is 12.5. The molecule has 1 nitrogen and oxygen atoms in total. The van der Waals surface area contributed by atoms with Gasteiger partial charge >= 0.3 is 0 Å². The molecule has 0 radical (unpaired) electrons. The Kier molecular flexibility index (Phi) is 3.77. The topological polar surface area (TPSA) is 12.0 Å². The molecule has 1 N–H and O–H groups in total. The van der Waals surface area contributed by atoms with Gasteiger partial charge in [0.05, 0.1) is 0 Å². The molecule has 0 fully saturated rings. The van der Waals surface area contributed by atoms with Crippen molar-refractivity contribution in [2.24, 2.45) is 0 Å². The van der Waals surface area contributed by atoms with E-state index in [-0.39, 0.29) is 0 Å². The number of aryl methyl sites for hydroxylation is 3. The van der Waals surface area contributed by atoms with Gasteiger partial charge in [-0.3, -0.25) is 0 Å². The summed E-state index contributed by atoms with van der Waals surface area (Å²) in [6, 6.07) is 13.4. The van der Waals surface area contributed by atoms with Crippen molar-refractivity contribution in [3.05, 3.63) is 64.2 Å². The van der Waals surface area contributed by atoms with Gasteiger partial charge in [-0.05, 0) is 73.4 Å². The van der Waals surface area contributed by atoms with E-state index in [4.69, 9.17) is 0 Å². The van der Waals surface area contributed by atoms with Gasteiger partial charge in [0, 0.05) is 12.2 Å². The molecule has 1 aliphatic rings. The summed E-state index contributed by atoms with van der Waals surface area (Å²) in [5, 5.41) is 3.64. The summed E-state index contributed by atoms with van der Waals surface area (Å²) < 4.78 is 0. The highest BCUT2D eigenvalue weighted by atomic mass is 14.9. The first-order valence-corrected chi connectivity index (χ1v) is 7.65. The Balaban J connectivity index is 1.76. The van der Waals surface area contributed by atoms with Crippen LogP contribution in [-0.4, -0.2) is 0 Å². The van der Waals surface area contributed by atoms with Crippen LogP contribution in [-0.2, 0) is 19.4 Å². The minimum atomic E-state index is 0.914. The lowest BCUT2D eigenvalue weighted by Gasteiger charge is -2.20. The summed E-state index contributed by atoms with van der Waals surface area (Å²) in [5.41, 5.74) is 8.52. The fourth-order valence-corrected chi connectivity index (χ4v) is 3.06. The summed E-state index contributed by atoms with van der Waals surface area (Å²) >= 11 is 0. The summed E-state index contributed by atoms with van der Waals surface area (Å²) in [6.07, 6.45) is 5.14. The predicted octanol–water partition coefficient (Wildman–Crippen LogP) is 4.79. The van der Waals surface area contributed by atoms with Gasteiger partial charge in [-0.25, -0.2) is 0 Å². The van der Waals surface area contributed by atoms with E-state index >= 15 is 0 Å². The molecular weight excluding hydrogens is 242 g/mol. The third kappa shape index (κ3) is 2.72. The van der Waals surface area contributed by atoms with E-state index in [1.807, 2.05) is 0 Å². The highest BCUT2D eigenvalue weighted by Gasteiger charge is 2.12. The van der Waals surface area contributed by atoms with Crippen molar-refractivity contribution < 1.29 is 0 Å². The summed E-state index contributed by atoms with van der Waals surface area (Å²) in [4.78, 5) is 0. The van der Waals surface area contributed by atoms with Gasteiger partial charge in [0.15, 0.2) is 0 Å². The highest BCUT2D eigenvalue weighted by Crippen LogP contribution is 2.28. The van der Waals surface area contributed by atoms with E-state index in [2.05, 4.69) is 55.6 Å². The van der Waals surface area contributed by atoms with Gasteiger partial charge in [0.2, 0.25) is 0 Å². The number of hydrogen-bond acceptors (Lipinski definition) is 1. The lowest BCUT2D eigenvalue weighted by Crippen LogP contribution is -2.08. The minimum Gasteiger partial charge on any atom is -0.381 e. The molecule has 0 saturated heterocycles. The van der Waals surface area contributed by atoms with E-state index in [0.29, 0.717) is 0 Å². The SMILES string of the molecule is Cc1ccc(CNc2cccc3c2CCCC3)cc1C. The van der Waals surface area contributed by atoms with Crippen molar-refractivity contribution in [3.63, 3.8) is 0 Å². The van der Waals surface area contributed by atoms with Crippen LogP contribution in [0.4, 0.5) is 5.69 Å². The maximum Gasteiger partial charge on any atom is 0.0400 e. The van der Waals surface area contributed by atoms with Gasteiger partial charge in [-0.1, -0.05) is 30.3 Å². The maximum absolute atomic E-state index is 3.64. The Labute approximate surface area is 122 Å². The molecule has 0 amide bonds. The van der Waals surface area contributed by atoms with Crippen LogP contribution >= 0.6 is 0 Å². The second-order valence-electron chi connectivity index (χ2n) is 5.92. The molecular formula is C19H23N. The third-order valence-electron chi connectivity index (χ3n) is 4.45. The van der Waals surface area contributed by atoms with Crippen LogP contribution in [0.15, 0.2) is 36.4 Å². The fraction of sp³-hybridized carbons (Fsp3) is 0.368. The van der Waals surface area contributed by atoms with E-state index in [1.165, 1.54) is 48.1 Å². The molecule has 0 saturated carbocycles. The Hall–Kier alpha value is -1.76. The molecule has 3 rings (SSSR count). The van der Waals surface area contributed by atoms with Crippen molar-refractivity contribution >= 4 is 5.69 Å². The summed E-state index contributed by atoms with van der Waals surface area (Å²) in [5.74, 6) is 0. The number of fused-ring (bicyclic) bond motifs is 1. The quantitative estimate of drug-likeness (QED) is 0.841. The van der Waals surface area contributed by atoms with Gasteiger partial charge in [-0.15, -0.1) is 0 Å². The Morgan fingerprint density at radius 2 is 1.80 bits per heavy atom. The molecule has 20 heavy (non-hydrogen) atoms. The van der Waals surface area contributed by atoms with E-state index in [0.717, 1.165) is 6.54 Å². The Morgan fingerprint density at radius 3 is 2.65 bits per heavy atom. The fourth-order valence-electron chi connectivity index (χ4n) is 3.06. The zero-order valence-corrected chi connectivity index (χ0v) is 12.5. The Morgan fingerprint density at radius 1 is 0.950 bits per heavy atom. The second-order valence-corrected chi connectivity index (χ2v) is 5.92. The van der Waals surface area contributed by atoms with Gasteiger partial charge < -0.3 is 5.32 Å². The number of nitrogens with one attached hydrogen (secondary N) is 1. The largest absolute Gasteiger partial charge is 0.381 e. The van der Waals surface area contributed by atoms with Gasteiger partial charge in [0.1, 0.15) is 0 Å². The molecule has 1 heteroatoms. The Bertz CT molecular complexity index is 613. The van der Waals surface area contributed by atoms with E-state index < -0.39 is 0 Å². The van der Waals surface area contributed by atoms with Crippen LogP contribution in [0.3, 0.4) is 0 Å². The second kappa shape index (κ2) is 5.70. The molecule has 0 atom stereocenters. The van der Waals surface area contributed by atoms with Crippen LogP contribution in [0.1, 0.15) is 40.7 Å². The van der Waals surface area contributed by atoms with Crippen molar-refractivity contribution in [1.29, 1.82) is 0 Å². The molecule has 0 aromatic heterocycles. The first kappa shape index (κ1) is 13.2. The smallest absolute Gasteiger partial charge is 0.0400 e. The third-order valence-corrected chi connectivity index (χ3v) is 4.45. The van der Waals surface area contributed by atoms with Crippen molar-refractivity contribution in [2.45, 2.75) is 46.1 Å². The maximum atomic E-state index is 3.64. The van der Waals surface area contributed by atoms with E-state index in [9.17, 15) is 0 Å². The van der Waals surface area contributed by atoms with Crippen LogP contribution < -0.4 is 5.32 Å². The van der Waals surface area contributed by atoms with Gasteiger partial charge in [-0.2, -0.15) is 0 Å². The molecule has 0 spiro atoms. The van der Waals surface area contributed by atoms with Crippen molar-refractivity contribution in [1.82, 2.24) is 0 Å². The van der Waals surface area contributed by atoms with Crippen LogP contribution in [0.25, 0.3) is 0 Å². The average molecular weight is 265 g/mol. The first-order chi connectivity index (χ1) is 9.74. The number of benzene rings is 2. The van der Waals surface area contributed by atoms with Gasteiger partial charge in [0.25, 0.3) is 0 Å². The van der Waals surface area contributed by atoms with Crippen molar-refractivity contribution in [2.75, 3.05) is 5.32 Å². The molecule has 0 bridgehead atoms. The normalized spacial score (nSPS) is 13.9. The zero-order chi connectivity index (χ0) is 13.9. The van der Waals surface area contributed by atoms with E-state index in [1.54, 1.807) is 11.1 Å². The van der Waals surface area contributed by atoms with Crippen LogP contribution in [0.5, 0.6) is 0 Å².